The minimum absolute atomic E-state index is 0.0737. The Bertz CT molecular complexity index is 1390. The summed E-state index contributed by atoms with van der Waals surface area (Å²) in [6.45, 7) is 2.71. The largest absolute Gasteiger partial charge is 0.462 e. The summed E-state index contributed by atoms with van der Waals surface area (Å²) in [5, 5.41) is 37.3. The minimum Gasteiger partial charge on any atom is -0.462 e. The van der Waals surface area contributed by atoms with Gasteiger partial charge in [0.1, 0.15) is 24.0 Å². The second-order valence-electron chi connectivity index (χ2n) is 10.1. The van der Waals surface area contributed by atoms with E-state index in [0.29, 0.717) is 0 Å². The fourth-order valence-corrected chi connectivity index (χ4v) is 5.97. The molecule has 2 aliphatic heterocycles. The van der Waals surface area contributed by atoms with E-state index in [4.69, 9.17) is 24.9 Å². The molecule has 1 saturated heterocycles. The Kier molecular flexibility index (Phi) is 10.3. The zero-order chi connectivity index (χ0) is 31.2. The summed E-state index contributed by atoms with van der Waals surface area (Å²) in [4.78, 5) is 25.7. The summed E-state index contributed by atoms with van der Waals surface area (Å²) in [5.74, 6) is 0.925. The van der Waals surface area contributed by atoms with Gasteiger partial charge in [0.2, 0.25) is 12.3 Å². The number of amides is 1. The summed E-state index contributed by atoms with van der Waals surface area (Å²) in [6.07, 6.45) is 1.00. The molecular formula is C29H34N3O10P. The molecule has 2 aliphatic rings. The molecule has 14 heteroatoms. The van der Waals surface area contributed by atoms with Gasteiger partial charge >= 0.3 is 13.7 Å². The number of nitrogens with zero attached hydrogens (tertiary/aromatic N) is 1. The number of benzene rings is 2. The van der Waals surface area contributed by atoms with Gasteiger partial charge in [-0.1, -0.05) is 54.5 Å². The van der Waals surface area contributed by atoms with Gasteiger partial charge in [0.25, 0.3) is 0 Å². The van der Waals surface area contributed by atoms with Crippen LogP contribution < -0.4 is 14.9 Å². The zero-order valence-electron chi connectivity index (χ0n) is 23.5. The smallest absolute Gasteiger partial charge is 0.459 e. The van der Waals surface area contributed by atoms with Crippen LogP contribution in [0.1, 0.15) is 19.4 Å². The molecular weight excluding hydrogens is 581 g/mol. The predicted octanol–water partition coefficient (Wildman–Crippen LogP) is 1.01. The lowest BCUT2D eigenvalue weighted by Crippen LogP contribution is -2.60. The quantitative estimate of drug-likeness (QED) is 0.130. The third kappa shape index (κ3) is 7.81. The normalized spacial score (nSPS) is 27.2. The molecule has 2 unspecified atom stereocenters. The molecule has 230 valence electrons. The van der Waals surface area contributed by atoms with Gasteiger partial charge in [-0.15, -0.1) is 6.42 Å². The van der Waals surface area contributed by atoms with Crippen molar-refractivity contribution in [1.82, 2.24) is 15.3 Å². The SMILES string of the molecule is C#C[C@@]1(O)[C@H](O)[C@@H](COP(=O)(N[C@@H](Cc2ccccc2)C(=O)OC(C)C)Oc2ccccc2)O[C@H]1N1C=CC(=O)NC1O. The number of para-hydroxylation sites is 1. The highest BCUT2D eigenvalue weighted by Crippen LogP contribution is 2.46. The van der Waals surface area contributed by atoms with Crippen molar-refractivity contribution in [2.75, 3.05) is 6.61 Å². The van der Waals surface area contributed by atoms with E-state index in [0.717, 1.165) is 22.7 Å². The Labute approximate surface area is 249 Å². The maximum absolute atomic E-state index is 14.2. The maximum atomic E-state index is 14.2. The molecule has 2 heterocycles. The number of aliphatic hydroxyl groups is 3. The van der Waals surface area contributed by atoms with Gasteiger partial charge < -0.3 is 39.5 Å². The first-order valence-electron chi connectivity index (χ1n) is 13.4. The van der Waals surface area contributed by atoms with Crippen molar-refractivity contribution in [3.63, 3.8) is 0 Å². The second-order valence-corrected chi connectivity index (χ2v) is 11.8. The van der Waals surface area contributed by atoms with E-state index in [9.17, 15) is 29.5 Å². The van der Waals surface area contributed by atoms with Crippen LogP contribution in [0, 0.1) is 12.3 Å². The van der Waals surface area contributed by atoms with Crippen LogP contribution in [-0.2, 0) is 34.6 Å². The number of aliphatic hydroxyl groups excluding tert-OH is 2. The summed E-state index contributed by atoms with van der Waals surface area (Å²) in [5.41, 5.74) is -1.64. The Morgan fingerprint density at radius 1 is 1.19 bits per heavy atom. The van der Waals surface area contributed by atoms with Crippen molar-refractivity contribution >= 4 is 19.6 Å². The summed E-state index contributed by atoms with van der Waals surface area (Å²) < 4.78 is 36.8. The van der Waals surface area contributed by atoms with Crippen LogP contribution in [0.2, 0.25) is 0 Å². The predicted molar refractivity (Wildman–Crippen MR) is 153 cm³/mol. The topological polar surface area (TPSA) is 176 Å². The van der Waals surface area contributed by atoms with Crippen molar-refractivity contribution in [1.29, 1.82) is 0 Å². The van der Waals surface area contributed by atoms with Crippen molar-refractivity contribution in [3.05, 3.63) is 78.5 Å². The summed E-state index contributed by atoms with van der Waals surface area (Å²) in [6, 6.07) is 15.9. The van der Waals surface area contributed by atoms with Crippen molar-refractivity contribution in [3.8, 4) is 18.1 Å². The van der Waals surface area contributed by atoms with Gasteiger partial charge in [-0.2, -0.15) is 5.09 Å². The molecule has 1 fully saturated rings. The third-order valence-corrected chi connectivity index (χ3v) is 8.12. The molecule has 43 heavy (non-hydrogen) atoms. The van der Waals surface area contributed by atoms with Crippen molar-refractivity contribution in [2.45, 2.75) is 62.8 Å². The summed E-state index contributed by atoms with van der Waals surface area (Å²) >= 11 is 0. The molecule has 0 radical (unpaired) electrons. The van der Waals surface area contributed by atoms with Gasteiger partial charge in [-0.3, -0.25) is 14.1 Å². The number of esters is 1. The Balaban J connectivity index is 1.59. The molecule has 1 amide bonds. The number of hydrogen-bond donors (Lipinski definition) is 5. The first-order valence-corrected chi connectivity index (χ1v) is 15.0. The minimum atomic E-state index is -4.44. The standard InChI is InChI=1S/C29H34N3O10P/c1-4-29(37)25(34)23(41-27(29)32-16-15-24(33)30-28(32)36)18-39-43(38,42-21-13-9-6-10-14-21)31-22(26(35)40-19(2)3)17-20-11-7-5-8-12-20/h1,5-16,19,22-23,25,27-28,34,36-37H,17-18H2,2-3H3,(H,30,33)(H,31,38)/t22-,23+,25+,27+,28?,29+,43?/m0/s1. The zero-order valence-corrected chi connectivity index (χ0v) is 24.4. The number of hydrogen-bond acceptors (Lipinski definition) is 11. The molecule has 4 rings (SSSR count). The molecule has 0 aliphatic carbocycles. The fraction of sp³-hybridized carbons (Fsp3) is 0.379. The lowest BCUT2D eigenvalue weighted by Gasteiger charge is -2.38. The molecule has 2 aromatic carbocycles. The second kappa shape index (κ2) is 13.7. The van der Waals surface area contributed by atoms with Crippen LogP contribution >= 0.6 is 7.75 Å². The Morgan fingerprint density at radius 3 is 2.44 bits per heavy atom. The Morgan fingerprint density at radius 2 is 1.84 bits per heavy atom. The highest BCUT2D eigenvalue weighted by atomic mass is 31.2. The van der Waals surface area contributed by atoms with Gasteiger partial charge in [-0.25, -0.2) is 4.57 Å². The van der Waals surface area contributed by atoms with Gasteiger partial charge in [0.05, 0.1) is 12.7 Å². The van der Waals surface area contributed by atoms with Crippen LogP contribution in [0.25, 0.3) is 0 Å². The van der Waals surface area contributed by atoms with Crippen LogP contribution in [0.4, 0.5) is 0 Å². The number of terminal acetylenes is 1. The number of rotatable bonds is 12. The average Bonchev–Trinajstić information content (AvgIpc) is 3.22. The van der Waals surface area contributed by atoms with Gasteiger partial charge in [0, 0.05) is 12.3 Å². The monoisotopic (exact) mass is 615 g/mol. The number of nitrogens with one attached hydrogen (secondary N) is 2. The summed E-state index contributed by atoms with van der Waals surface area (Å²) in [7, 11) is -4.44. The lowest BCUT2D eigenvalue weighted by molar-refractivity contribution is -0.164. The fourth-order valence-electron chi connectivity index (χ4n) is 4.47. The third-order valence-electron chi connectivity index (χ3n) is 6.55. The lowest BCUT2D eigenvalue weighted by atomic mass is 9.94. The van der Waals surface area contributed by atoms with E-state index in [-0.39, 0.29) is 12.2 Å². The Hall–Kier alpha value is -3.73. The van der Waals surface area contributed by atoms with Crippen molar-refractivity contribution < 1.29 is 48.0 Å². The number of ether oxygens (including phenoxy) is 2. The average molecular weight is 616 g/mol. The maximum Gasteiger partial charge on any atom is 0.459 e. The van der Waals surface area contributed by atoms with Gasteiger partial charge in [-0.05, 0) is 38.0 Å². The van der Waals surface area contributed by atoms with Crippen molar-refractivity contribution in [2.24, 2.45) is 0 Å². The first kappa shape index (κ1) is 32.2. The van der Waals surface area contributed by atoms with E-state index in [1.807, 2.05) is 6.07 Å². The molecule has 7 atom stereocenters. The van der Waals surface area contributed by atoms with Crippen LogP contribution in [0.15, 0.2) is 72.9 Å². The molecule has 0 spiro atoms. The van der Waals surface area contributed by atoms with E-state index >= 15 is 0 Å². The molecule has 5 N–H and O–H groups in total. The molecule has 0 saturated carbocycles. The first-order chi connectivity index (χ1) is 20.4. The highest BCUT2D eigenvalue weighted by molar-refractivity contribution is 7.52. The van der Waals surface area contributed by atoms with Crippen LogP contribution in [-0.4, -0.2) is 81.2 Å². The van der Waals surface area contributed by atoms with Crippen LogP contribution in [0.5, 0.6) is 5.75 Å². The van der Waals surface area contributed by atoms with E-state index < -0.39 is 68.8 Å². The van der Waals surface area contributed by atoms with Gasteiger partial charge in [0.15, 0.2) is 11.8 Å². The number of carbonyl (C=O) groups is 2. The van der Waals surface area contributed by atoms with Crippen LogP contribution in [0.3, 0.4) is 0 Å². The molecule has 13 nitrogen and oxygen atoms in total. The molecule has 0 bridgehead atoms. The number of carbonyl (C=O) groups excluding carboxylic acids is 2. The van der Waals surface area contributed by atoms with E-state index in [2.05, 4.69) is 16.3 Å². The molecule has 0 aromatic heterocycles. The van der Waals surface area contributed by atoms with E-state index in [1.54, 1.807) is 56.3 Å². The van der Waals surface area contributed by atoms with E-state index in [1.165, 1.54) is 12.1 Å². The highest BCUT2D eigenvalue weighted by Gasteiger charge is 2.58. The molecule has 2 aromatic rings.